The van der Waals surface area contributed by atoms with Gasteiger partial charge in [-0.1, -0.05) is 62.3 Å². The van der Waals surface area contributed by atoms with Gasteiger partial charge in [-0.3, -0.25) is 9.59 Å². The fourth-order valence-corrected chi connectivity index (χ4v) is 5.38. The highest BCUT2D eigenvalue weighted by atomic mass is 16.7. The van der Waals surface area contributed by atoms with Gasteiger partial charge < -0.3 is 24.7 Å². The molecule has 0 aromatic heterocycles. The Morgan fingerprint density at radius 2 is 1.73 bits per heavy atom. The van der Waals surface area contributed by atoms with Crippen molar-refractivity contribution < 1.29 is 24.1 Å². The number of hydrogen-bond donors (Lipinski definition) is 1. The van der Waals surface area contributed by atoms with Gasteiger partial charge in [-0.05, 0) is 35.7 Å². The average molecular weight is 552 g/mol. The lowest BCUT2D eigenvalue weighted by atomic mass is 9.82. The van der Waals surface area contributed by atoms with Crippen LogP contribution >= 0.6 is 0 Å². The summed E-state index contributed by atoms with van der Waals surface area (Å²) in [6, 6.07) is 15.3. The minimum Gasteiger partial charge on any atom is -0.391 e. The first-order chi connectivity index (χ1) is 19.0. The molecule has 5 atom stereocenters. The molecule has 216 valence electrons. The molecule has 2 aliphatic rings. The molecule has 0 spiro atoms. The van der Waals surface area contributed by atoms with Gasteiger partial charge in [0.05, 0.1) is 32.0 Å². The summed E-state index contributed by atoms with van der Waals surface area (Å²) in [5, 5.41) is 10.7. The second-order valence-corrected chi connectivity index (χ2v) is 11.3. The Balaban J connectivity index is 1.44. The monoisotopic (exact) mass is 551 g/mol. The third kappa shape index (κ3) is 5.90. The lowest BCUT2D eigenvalue weighted by Crippen LogP contribution is -2.57. The first kappa shape index (κ1) is 29.7. The normalized spacial score (nSPS) is 24.7. The molecular formula is C30H41N5O5. The van der Waals surface area contributed by atoms with Crippen molar-refractivity contribution in [2.75, 3.05) is 39.8 Å². The highest BCUT2D eigenvalue weighted by Gasteiger charge is 2.55. The van der Waals surface area contributed by atoms with Crippen LogP contribution in [0.5, 0.6) is 0 Å². The van der Waals surface area contributed by atoms with Crippen molar-refractivity contribution >= 4 is 23.2 Å². The third-order valence-corrected chi connectivity index (χ3v) is 7.67. The molecule has 10 nitrogen and oxygen atoms in total. The topological polar surface area (TPSA) is 95.7 Å². The maximum Gasteiger partial charge on any atom is 0.241 e. The predicted molar refractivity (Wildman–Crippen MR) is 153 cm³/mol. The summed E-state index contributed by atoms with van der Waals surface area (Å²) in [6.45, 7) is 8.68. The van der Waals surface area contributed by atoms with Gasteiger partial charge in [0.1, 0.15) is 12.6 Å². The fraction of sp³-hybridized carbons (Fsp3) is 0.500. The van der Waals surface area contributed by atoms with E-state index in [1.54, 1.807) is 31.2 Å². The summed E-state index contributed by atoms with van der Waals surface area (Å²) >= 11 is 0. The van der Waals surface area contributed by atoms with E-state index in [9.17, 15) is 9.59 Å². The molecule has 0 radical (unpaired) electrons. The molecule has 2 fully saturated rings. The Labute approximate surface area is 236 Å². The highest BCUT2D eigenvalue weighted by molar-refractivity contribution is 5.96. The van der Waals surface area contributed by atoms with E-state index in [1.807, 2.05) is 76.2 Å². The molecule has 10 heteroatoms. The number of carbonyl (C=O) groups excluding carboxylic acids is 2. The van der Waals surface area contributed by atoms with Crippen LogP contribution in [0.25, 0.3) is 0 Å². The van der Waals surface area contributed by atoms with E-state index >= 15 is 0 Å². The number of carbonyl (C=O) groups is 2. The number of amides is 2. The number of likely N-dealkylation sites (N-methyl/N-ethyl adjacent to an activating group) is 1. The van der Waals surface area contributed by atoms with Gasteiger partial charge in [0.15, 0.2) is 0 Å². The molecule has 2 amide bonds. The first-order valence-electron chi connectivity index (χ1n) is 13.5. The van der Waals surface area contributed by atoms with Crippen LogP contribution in [-0.4, -0.2) is 74.6 Å². The van der Waals surface area contributed by atoms with Crippen LogP contribution in [-0.2, 0) is 30.7 Å². The maximum atomic E-state index is 12.7. The second-order valence-electron chi connectivity index (χ2n) is 11.3. The van der Waals surface area contributed by atoms with Gasteiger partial charge in [0.25, 0.3) is 0 Å². The molecular weight excluding hydrogens is 510 g/mol. The zero-order valence-electron chi connectivity index (χ0n) is 24.7. The largest absolute Gasteiger partial charge is 0.391 e. The summed E-state index contributed by atoms with van der Waals surface area (Å²) < 4.78 is 0. The minimum absolute atomic E-state index is 0.0646. The van der Waals surface area contributed by atoms with Crippen molar-refractivity contribution in [1.29, 1.82) is 0 Å². The van der Waals surface area contributed by atoms with Crippen LogP contribution in [0, 0.1) is 5.41 Å². The lowest BCUT2D eigenvalue weighted by Gasteiger charge is -2.46. The van der Waals surface area contributed by atoms with Crippen molar-refractivity contribution in [3.8, 4) is 0 Å². The van der Waals surface area contributed by atoms with E-state index in [0.29, 0.717) is 0 Å². The molecule has 0 aliphatic carbocycles. The number of rotatable bonds is 10. The van der Waals surface area contributed by atoms with Gasteiger partial charge in [-0.15, -0.1) is 0 Å². The van der Waals surface area contributed by atoms with Gasteiger partial charge >= 0.3 is 0 Å². The quantitative estimate of drug-likeness (QED) is 0.274. The van der Waals surface area contributed by atoms with Crippen LogP contribution in [0.2, 0.25) is 0 Å². The maximum absolute atomic E-state index is 12.7. The smallest absolute Gasteiger partial charge is 0.241 e. The van der Waals surface area contributed by atoms with Crippen LogP contribution in [0.3, 0.4) is 0 Å². The number of nitrogens with one attached hydrogen (secondary N) is 1. The van der Waals surface area contributed by atoms with E-state index in [0.717, 1.165) is 34.6 Å². The Morgan fingerprint density at radius 1 is 1.05 bits per heavy atom. The van der Waals surface area contributed by atoms with Gasteiger partial charge in [0.2, 0.25) is 11.8 Å². The van der Waals surface area contributed by atoms with Crippen molar-refractivity contribution in [3.63, 3.8) is 0 Å². The van der Waals surface area contributed by atoms with Crippen LogP contribution in [0.1, 0.15) is 56.3 Å². The van der Waals surface area contributed by atoms with E-state index in [2.05, 4.69) is 22.6 Å². The second kappa shape index (κ2) is 12.1. The standard InChI is InChI=1S/C30H41N5O5/c1-19(32-40-18-21-11-9-10-12-23(21)26-27(28(36)31-5)35(26)39-8)25-24(17-34(25)38-7)20-13-15-22(16-14-20)33(6)29(37)30(2,3)4/h9-16,24-27H,17-18H2,1-8H3,(H,31,36)/b32-19+. The predicted octanol–water partition coefficient (Wildman–Crippen LogP) is 3.65. The highest BCUT2D eigenvalue weighted by Crippen LogP contribution is 2.44. The van der Waals surface area contributed by atoms with Gasteiger partial charge in [-0.25, -0.2) is 0 Å². The van der Waals surface area contributed by atoms with Crippen LogP contribution in [0.15, 0.2) is 53.7 Å². The number of hydroxylamine groups is 4. The third-order valence-electron chi connectivity index (χ3n) is 7.67. The van der Waals surface area contributed by atoms with E-state index < -0.39 is 5.41 Å². The average Bonchev–Trinajstić information content (AvgIpc) is 3.66. The first-order valence-corrected chi connectivity index (χ1v) is 13.5. The molecule has 2 aromatic rings. The Hall–Kier alpha value is -3.31. The van der Waals surface area contributed by atoms with Crippen molar-refractivity contribution in [2.24, 2.45) is 10.6 Å². The van der Waals surface area contributed by atoms with Crippen LogP contribution < -0.4 is 10.2 Å². The lowest BCUT2D eigenvalue weighted by molar-refractivity contribution is -0.202. The molecule has 1 N–H and O–H groups in total. The van der Waals surface area contributed by atoms with Gasteiger partial charge in [-0.2, -0.15) is 10.1 Å². The molecule has 40 heavy (non-hydrogen) atoms. The molecule has 4 rings (SSSR count). The van der Waals surface area contributed by atoms with E-state index in [-0.39, 0.29) is 42.5 Å². The van der Waals surface area contributed by atoms with E-state index in [1.165, 1.54) is 0 Å². The minimum atomic E-state index is -0.451. The summed E-state index contributed by atoms with van der Waals surface area (Å²) in [4.78, 5) is 43.5. The number of benzene rings is 2. The number of hydrogen-bond acceptors (Lipinski definition) is 8. The molecule has 2 heterocycles. The number of oxime groups is 1. The summed E-state index contributed by atoms with van der Waals surface area (Å²) in [5.41, 5.74) is 4.27. The SMILES string of the molecule is CNC(=O)C1C(c2ccccc2CO/N=C(\C)C2C(c3ccc(N(C)C(=O)C(C)(C)C)cc3)CN2OC)N1OC. The molecule has 0 saturated carbocycles. The zero-order valence-corrected chi connectivity index (χ0v) is 24.7. The zero-order chi connectivity index (χ0) is 29.2. The fourth-order valence-electron chi connectivity index (χ4n) is 5.38. The summed E-state index contributed by atoms with van der Waals surface area (Å²) in [6.07, 6.45) is 0. The molecule has 2 aromatic carbocycles. The van der Waals surface area contributed by atoms with Crippen LogP contribution in [0.4, 0.5) is 5.69 Å². The Morgan fingerprint density at radius 3 is 2.33 bits per heavy atom. The van der Waals surface area contributed by atoms with Crippen molar-refractivity contribution in [1.82, 2.24) is 15.4 Å². The van der Waals surface area contributed by atoms with Crippen molar-refractivity contribution in [3.05, 3.63) is 65.2 Å². The summed E-state index contributed by atoms with van der Waals surface area (Å²) in [5.74, 6) is 0.148. The molecule has 5 unspecified atom stereocenters. The molecule has 0 bridgehead atoms. The van der Waals surface area contributed by atoms with Gasteiger partial charge in [0, 0.05) is 37.7 Å². The van der Waals surface area contributed by atoms with E-state index in [4.69, 9.17) is 14.5 Å². The number of nitrogens with zero attached hydrogens (tertiary/aromatic N) is 4. The molecule has 2 aliphatic heterocycles. The Kier molecular flexibility index (Phi) is 8.94. The Bertz CT molecular complexity index is 1240. The molecule has 2 saturated heterocycles. The van der Waals surface area contributed by atoms with Crippen molar-refractivity contribution in [2.45, 2.75) is 58.3 Å². The summed E-state index contributed by atoms with van der Waals surface area (Å²) in [7, 11) is 6.65. The number of anilines is 1.